The van der Waals surface area contributed by atoms with Crippen molar-refractivity contribution in [3.63, 3.8) is 0 Å². The summed E-state index contributed by atoms with van der Waals surface area (Å²) in [5, 5.41) is 1.97. The largest absolute Gasteiger partial charge is 0.496 e. The van der Waals surface area contributed by atoms with Crippen LogP contribution in [0.4, 0.5) is 0 Å². The molecule has 0 atom stereocenters. The van der Waals surface area contributed by atoms with Gasteiger partial charge in [-0.05, 0) is 48.2 Å². The molecule has 1 heterocycles. The molecule has 2 aromatic carbocycles. The molecule has 24 heavy (non-hydrogen) atoms. The molecule has 0 radical (unpaired) electrons. The van der Waals surface area contributed by atoms with Gasteiger partial charge in [-0.1, -0.05) is 17.7 Å². The molecule has 7 heteroatoms. The minimum absolute atomic E-state index is 0.161. The van der Waals surface area contributed by atoms with Gasteiger partial charge in [0.2, 0.25) is 0 Å². The van der Waals surface area contributed by atoms with Crippen molar-refractivity contribution in [3.8, 4) is 17.0 Å². The molecule has 124 valence electrons. The maximum absolute atomic E-state index is 11.3. The zero-order chi connectivity index (χ0) is 17.5. The van der Waals surface area contributed by atoms with E-state index in [1.165, 1.54) is 12.1 Å². The topological polar surface area (TPSA) is 76.5 Å². The molecule has 0 aliphatic rings. The van der Waals surface area contributed by atoms with Crippen molar-refractivity contribution < 1.29 is 17.7 Å². The summed E-state index contributed by atoms with van der Waals surface area (Å²) in [5.74, 6) is 0.574. The highest BCUT2D eigenvalue weighted by atomic mass is 35.5. The maximum Gasteiger partial charge on any atom is 0.294 e. The molecule has 0 aliphatic heterocycles. The molecule has 0 fully saturated rings. The van der Waals surface area contributed by atoms with Gasteiger partial charge in [0.05, 0.1) is 17.7 Å². The first-order valence-electron chi connectivity index (χ1n) is 7.02. The van der Waals surface area contributed by atoms with Gasteiger partial charge in [-0.25, -0.2) is 0 Å². The Morgan fingerprint density at radius 3 is 2.58 bits per heavy atom. The van der Waals surface area contributed by atoms with Crippen LogP contribution in [0, 0.1) is 6.92 Å². The minimum atomic E-state index is -4.26. The average Bonchev–Trinajstić information content (AvgIpc) is 2.55. The third-order valence-corrected chi connectivity index (χ3v) is 5.03. The van der Waals surface area contributed by atoms with Gasteiger partial charge < -0.3 is 4.74 Å². The molecule has 0 aliphatic carbocycles. The lowest BCUT2D eigenvalue weighted by molar-refractivity contribution is 0.416. The Labute approximate surface area is 144 Å². The van der Waals surface area contributed by atoms with E-state index >= 15 is 0 Å². The Bertz CT molecular complexity index is 1050. The first-order chi connectivity index (χ1) is 11.3. The summed E-state index contributed by atoms with van der Waals surface area (Å²) in [4.78, 5) is 4.25. The van der Waals surface area contributed by atoms with Gasteiger partial charge in [0.1, 0.15) is 5.75 Å². The molecule has 1 N–H and O–H groups in total. The first kappa shape index (κ1) is 16.7. The van der Waals surface area contributed by atoms with Crippen LogP contribution in [0.2, 0.25) is 5.02 Å². The molecule has 0 unspecified atom stereocenters. The van der Waals surface area contributed by atoms with Gasteiger partial charge in [-0.2, -0.15) is 8.42 Å². The van der Waals surface area contributed by atoms with Crippen molar-refractivity contribution in [1.29, 1.82) is 0 Å². The lowest BCUT2D eigenvalue weighted by Crippen LogP contribution is -1.98. The fraction of sp³-hybridized carbons (Fsp3) is 0.118. The van der Waals surface area contributed by atoms with E-state index in [9.17, 15) is 13.0 Å². The molecule has 0 saturated heterocycles. The Morgan fingerprint density at radius 1 is 1.17 bits per heavy atom. The summed E-state index contributed by atoms with van der Waals surface area (Å²) < 4.78 is 37.2. The van der Waals surface area contributed by atoms with Crippen molar-refractivity contribution in [3.05, 3.63) is 53.2 Å². The van der Waals surface area contributed by atoms with Gasteiger partial charge >= 0.3 is 0 Å². The van der Waals surface area contributed by atoms with Gasteiger partial charge in [-0.3, -0.25) is 9.54 Å². The lowest BCUT2D eigenvalue weighted by atomic mass is 10.0. The number of hydrogen-bond donors (Lipinski definition) is 1. The molecule has 1 aromatic heterocycles. The number of pyridine rings is 1. The van der Waals surface area contributed by atoms with Crippen LogP contribution in [0.1, 0.15) is 5.56 Å². The van der Waals surface area contributed by atoms with E-state index in [2.05, 4.69) is 4.98 Å². The number of ether oxygens (including phenoxy) is 1. The fourth-order valence-corrected chi connectivity index (χ4v) is 3.22. The summed E-state index contributed by atoms with van der Waals surface area (Å²) in [6.45, 7) is 1.88. The highest BCUT2D eigenvalue weighted by Crippen LogP contribution is 2.37. The van der Waals surface area contributed by atoms with Crippen LogP contribution in [0.15, 0.2) is 47.5 Å². The summed E-state index contributed by atoms with van der Waals surface area (Å²) >= 11 is 6.15. The van der Waals surface area contributed by atoms with E-state index in [0.29, 0.717) is 21.9 Å². The highest BCUT2D eigenvalue weighted by molar-refractivity contribution is 7.85. The van der Waals surface area contributed by atoms with E-state index in [0.717, 1.165) is 16.5 Å². The van der Waals surface area contributed by atoms with E-state index in [4.69, 9.17) is 16.3 Å². The van der Waals surface area contributed by atoms with Crippen LogP contribution in [0.5, 0.6) is 5.75 Å². The third-order valence-electron chi connectivity index (χ3n) is 3.77. The lowest BCUT2D eigenvalue weighted by Gasteiger charge is -2.13. The number of halogens is 1. The van der Waals surface area contributed by atoms with E-state index in [-0.39, 0.29) is 4.90 Å². The molecule has 0 saturated carbocycles. The number of hydrogen-bond acceptors (Lipinski definition) is 4. The second-order valence-corrected chi connectivity index (χ2v) is 7.15. The normalized spacial score (nSPS) is 11.7. The fourth-order valence-electron chi connectivity index (χ4n) is 2.55. The SMILES string of the molecule is COc1cc(Cl)c(C)cc1-c1nccc2cc(S(=O)(=O)O)ccc12. The summed E-state index contributed by atoms with van der Waals surface area (Å²) in [6, 6.07) is 9.65. The average molecular weight is 364 g/mol. The van der Waals surface area contributed by atoms with Gasteiger partial charge in [0.25, 0.3) is 10.1 Å². The molecular formula is C17H14ClNO4S. The van der Waals surface area contributed by atoms with Crippen molar-refractivity contribution in [2.45, 2.75) is 11.8 Å². The number of fused-ring (bicyclic) bond motifs is 1. The number of rotatable bonds is 3. The van der Waals surface area contributed by atoms with Crippen LogP contribution in [-0.2, 0) is 10.1 Å². The van der Waals surface area contributed by atoms with Crippen molar-refractivity contribution >= 4 is 32.5 Å². The Hall–Kier alpha value is -2.15. The summed E-state index contributed by atoms with van der Waals surface area (Å²) in [6.07, 6.45) is 1.58. The van der Waals surface area contributed by atoms with Crippen molar-refractivity contribution in [2.75, 3.05) is 7.11 Å². The number of benzene rings is 2. The molecule has 3 rings (SSSR count). The van der Waals surface area contributed by atoms with Gasteiger partial charge in [0, 0.05) is 22.2 Å². The van der Waals surface area contributed by atoms with Crippen molar-refractivity contribution in [1.82, 2.24) is 4.98 Å². The highest BCUT2D eigenvalue weighted by Gasteiger charge is 2.15. The van der Waals surface area contributed by atoms with E-state index < -0.39 is 10.1 Å². The Kier molecular flexibility index (Phi) is 4.21. The monoisotopic (exact) mass is 363 g/mol. The maximum atomic E-state index is 11.3. The zero-order valence-electron chi connectivity index (χ0n) is 12.9. The van der Waals surface area contributed by atoms with Crippen LogP contribution in [-0.4, -0.2) is 25.1 Å². The molecule has 5 nitrogen and oxygen atoms in total. The smallest absolute Gasteiger partial charge is 0.294 e. The number of nitrogens with zero attached hydrogens (tertiary/aromatic N) is 1. The molecule has 0 spiro atoms. The molecule has 0 bridgehead atoms. The third kappa shape index (κ3) is 2.96. The number of aryl methyl sites for hydroxylation is 1. The standard InChI is InChI=1S/C17H14ClNO4S/c1-10-7-14(16(23-2)9-15(10)18)17-13-4-3-12(24(20,21)22)8-11(13)5-6-19-17/h3-9H,1-2H3,(H,20,21,22). The van der Waals surface area contributed by atoms with E-state index in [1.807, 2.05) is 13.0 Å². The predicted molar refractivity (Wildman–Crippen MR) is 93.3 cm³/mol. The summed E-state index contributed by atoms with van der Waals surface area (Å²) in [7, 11) is -2.71. The van der Waals surface area contributed by atoms with Crippen LogP contribution < -0.4 is 4.74 Å². The molecular weight excluding hydrogens is 350 g/mol. The number of aromatic nitrogens is 1. The summed E-state index contributed by atoms with van der Waals surface area (Å²) in [5.41, 5.74) is 2.27. The van der Waals surface area contributed by atoms with Crippen LogP contribution in [0.25, 0.3) is 22.0 Å². The first-order valence-corrected chi connectivity index (χ1v) is 8.84. The van der Waals surface area contributed by atoms with Crippen molar-refractivity contribution in [2.24, 2.45) is 0 Å². The second-order valence-electron chi connectivity index (χ2n) is 5.32. The van der Waals surface area contributed by atoms with Gasteiger partial charge in [0.15, 0.2) is 0 Å². The van der Waals surface area contributed by atoms with Crippen LogP contribution in [0.3, 0.4) is 0 Å². The molecule has 3 aromatic rings. The Balaban J connectivity index is 2.30. The van der Waals surface area contributed by atoms with Crippen LogP contribution >= 0.6 is 11.6 Å². The predicted octanol–water partition coefficient (Wildman–Crippen LogP) is 4.12. The Morgan fingerprint density at radius 2 is 1.92 bits per heavy atom. The van der Waals surface area contributed by atoms with Gasteiger partial charge in [-0.15, -0.1) is 0 Å². The minimum Gasteiger partial charge on any atom is -0.496 e. The number of methoxy groups -OCH3 is 1. The quantitative estimate of drug-likeness (QED) is 0.708. The van der Waals surface area contributed by atoms with E-state index in [1.54, 1.807) is 31.5 Å². The second kappa shape index (κ2) is 6.05. The molecule has 0 amide bonds. The zero-order valence-corrected chi connectivity index (χ0v) is 14.5.